The van der Waals surface area contributed by atoms with Crippen LogP contribution >= 0.6 is 24.0 Å². The van der Waals surface area contributed by atoms with Crippen molar-refractivity contribution in [3.63, 3.8) is 0 Å². The summed E-state index contributed by atoms with van der Waals surface area (Å²) in [5, 5.41) is 6.66. The molecule has 1 heterocycles. The molecule has 0 fully saturated rings. The Bertz CT molecular complexity index is 660. The lowest BCUT2D eigenvalue weighted by Gasteiger charge is -2.12. The molecule has 0 atom stereocenters. The lowest BCUT2D eigenvalue weighted by atomic mass is 10.1. The number of benzene rings is 1. The van der Waals surface area contributed by atoms with Crippen LogP contribution in [0.1, 0.15) is 38.4 Å². The van der Waals surface area contributed by atoms with Gasteiger partial charge in [-0.2, -0.15) is 0 Å². The molecule has 1 aromatic carbocycles. The first-order chi connectivity index (χ1) is 12.7. The van der Waals surface area contributed by atoms with Gasteiger partial charge in [-0.25, -0.2) is 4.99 Å². The molecule has 6 heteroatoms. The first-order valence-corrected chi connectivity index (χ1v) is 9.31. The number of halogens is 1. The molecule has 27 heavy (non-hydrogen) atoms. The molecule has 0 bridgehead atoms. The van der Waals surface area contributed by atoms with Crippen LogP contribution in [0.15, 0.2) is 53.7 Å². The van der Waals surface area contributed by atoms with E-state index in [1.165, 1.54) is 0 Å². The largest absolute Gasteiger partial charge is 0.487 e. The van der Waals surface area contributed by atoms with Gasteiger partial charge in [0.15, 0.2) is 5.96 Å². The molecule has 2 aromatic rings. The Morgan fingerprint density at radius 3 is 2.52 bits per heavy atom. The lowest BCUT2D eigenvalue weighted by molar-refractivity contribution is 0.301. The van der Waals surface area contributed by atoms with Gasteiger partial charge >= 0.3 is 0 Å². The average Bonchev–Trinajstić information content (AvgIpc) is 2.66. The van der Waals surface area contributed by atoms with Gasteiger partial charge in [-0.15, -0.1) is 24.0 Å². The number of aromatic nitrogens is 1. The first kappa shape index (κ1) is 23.2. The normalized spacial score (nSPS) is 11.0. The summed E-state index contributed by atoms with van der Waals surface area (Å²) in [6.07, 6.45) is 2.91. The molecule has 2 N–H and O–H groups in total. The summed E-state index contributed by atoms with van der Waals surface area (Å²) in [4.78, 5) is 8.90. The van der Waals surface area contributed by atoms with Crippen LogP contribution in [0.3, 0.4) is 0 Å². The predicted octanol–water partition coefficient (Wildman–Crippen LogP) is 4.38. The minimum absolute atomic E-state index is 0. The van der Waals surface area contributed by atoms with E-state index in [1.807, 2.05) is 30.3 Å². The Balaban J connectivity index is 0.00000364. The van der Waals surface area contributed by atoms with Gasteiger partial charge in [0.2, 0.25) is 0 Å². The van der Waals surface area contributed by atoms with Gasteiger partial charge in [-0.3, -0.25) is 4.98 Å². The van der Waals surface area contributed by atoms with E-state index in [-0.39, 0.29) is 24.0 Å². The number of pyridine rings is 1. The molecule has 0 saturated carbocycles. The molecule has 2 rings (SSSR count). The third-order valence-corrected chi connectivity index (χ3v) is 3.81. The molecular formula is C21H31IN4O. The highest BCUT2D eigenvalue weighted by molar-refractivity contribution is 14.0. The predicted molar refractivity (Wildman–Crippen MR) is 123 cm³/mol. The molecule has 5 nitrogen and oxygen atoms in total. The number of guanidine groups is 1. The SMILES string of the molecule is CCNC(=NCc1ccc(OCc2ccccn2)cc1)NCCC(C)C.I. The maximum Gasteiger partial charge on any atom is 0.191 e. The van der Waals surface area contributed by atoms with Crippen molar-refractivity contribution in [2.75, 3.05) is 13.1 Å². The summed E-state index contributed by atoms with van der Waals surface area (Å²) in [5.41, 5.74) is 2.07. The number of aliphatic imine (C=N–C) groups is 1. The van der Waals surface area contributed by atoms with Gasteiger partial charge in [0.1, 0.15) is 12.4 Å². The number of hydrogen-bond donors (Lipinski definition) is 2. The Hall–Kier alpha value is -1.83. The summed E-state index contributed by atoms with van der Waals surface area (Å²) in [5.74, 6) is 2.39. The maximum absolute atomic E-state index is 5.76. The molecule has 148 valence electrons. The van der Waals surface area contributed by atoms with Crippen molar-refractivity contribution in [2.45, 2.75) is 40.3 Å². The molecule has 0 saturated heterocycles. The molecule has 1 aromatic heterocycles. The monoisotopic (exact) mass is 482 g/mol. The highest BCUT2D eigenvalue weighted by Gasteiger charge is 2.00. The zero-order valence-corrected chi connectivity index (χ0v) is 18.8. The Morgan fingerprint density at radius 1 is 1.11 bits per heavy atom. The fourth-order valence-corrected chi connectivity index (χ4v) is 2.32. The molecule has 0 radical (unpaired) electrons. The molecule has 0 aliphatic rings. The average molecular weight is 482 g/mol. The highest BCUT2D eigenvalue weighted by Crippen LogP contribution is 2.14. The third kappa shape index (κ3) is 9.60. The van der Waals surface area contributed by atoms with Gasteiger partial charge in [-0.05, 0) is 49.1 Å². The van der Waals surface area contributed by atoms with E-state index in [2.05, 4.69) is 53.5 Å². The van der Waals surface area contributed by atoms with Crippen LogP contribution in [0.4, 0.5) is 0 Å². The summed E-state index contributed by atoms with van der Waals surface area (Å²) in [6.45, 7) is 9.43. The highest BCUT2D eigenvalue weighted by atomic mass is 127. The van der Waals surface area contributed by atoms with Crippen molar-refractivity contribution >= 4 is 29.9 Å². The lowest BCUT2D eigenvalue weighted by Crippen LogP contribution is -2.38. The second kappa shape index (κ2) is 13.4. The summed E-state index contributed by atoms with van der Waals surface area (Å²) >= 11 is 0. The van der Waals surface area contributed by atoms with Gasteiger partial charge in [-0.1, -0.05) is 32.0 Å². The van der Waals surface area contributed by atoms with Gasteiger partial charge in [0.25, 0.3) is 0 Å². The quantitative estimate of drug-likeness (QED) is 0.317. The van der Waals surface area contributed by atoms with Crippen molar-refractivity contribution in [1.82, 2.24) is 15.6 Å². The van der Waals surface area contributed by atoms with E-state index < -0.39 is 0 Å². The van der Waals surface area contributed by atoms with E-state index in [0.717, 1.165) is 42.5 Å². The van der Waals surface area contributed by atoms with Crippen molar-refractivity contribution in [1.29, 1.82) is 0 Å². The number of ether oxygens (including phenoxy) is 1. The fraction of sp³-hybridized carbons (Fsp3) is 0.429. The summed E-state index contributed by atoms with van der Waals surface area (Å²) in [7, 11) is 0. The molecule has 0 unspecified atom stereocenters. The minimum atomic E-state index is 0. The molecular weight excluding hydrogens is 451 g/mol. The maximum atomic E-state index is 5.76. The number of rotatable bonds is 9. The zero-order chi connectivity index (χ0) is 18.6. The van der Waals surface area contributed by atoms with Crippen LogP contribution in [-0.4, -0.2) is 24.0 Å². The third-order valence-electron chi connectivity index (χ3n) is 3.81. The van der Waals surface area contributed by atoms with Crippen molar-refractivity contribution < 1.29 is 4.74 Å². The zero-order valence-electron chi connectivity index (χ0n) is 16.4. The number of nitrogens with zero attached hydrogens (tertiary/aromatic N) is 2. The summed E-state index contributed by atoms with van der Waals surface area (Å²) < 4.78 is 5.76. The van der Waals surface area contributed by atoms with E-state index in [0.29, 0.717) is 19.1 Å². The second-order valence-electron chi connectivity index (χ2n) is 6.56. The van der Waals surface area contributed by atoms with E-state index in [1.54, 1.807) is 6.20 Å². The Labute approximate surface area is 180 Å². The van der Waals surface area contributed by atoms with Crippen molar-refractivity contribution in [3.05, 3.63) is 59.9 Å². The Kier molecular flexibility index (Phi) is 11.5. The molecule has 0 aliphatic heterocycles. The van der Waals surface area contributed by atoms with Gasteiger partial charge in [0, 0.05) is 19.3 Å². The van der Waals surface area contributed by atoms with Gasteiger partial charge < -0.3 is 15.4 Å². The van der Waals surface area contributed by atoms with Crippen molar-refractivity contribution in [3.8, 4) is 5.75 Å². The summed E-state index contributed by atoms with van der Waals surface area (Å²) in [6, 6.07) is 13.9. The molecule has 0 aliphatic carbocycles. The van der Waals surface area contributed by atoms with Crippen LogP contribution in [0.5, 0.6) is 5.75 Å². The molecule has 0 spiro atoms. The first-order valence-electron chi connectivity index (χ1n) is 9.31. The van der Waals surface area contributed by atoms with Crippen LogP contribution < -0.4 is 15.4 Å². The van der Waals surface area contributed by atoms with E-state index >= 15 is 0 Å². The number of nitrogens with one attached hydrogen (secondary N) is 2. The van der Waals surface area contributed by atoms with Crippen LogP contribution in [0.2, 0.25) is 0 Å². The minimum Gasteiger partial charge on any atom is -0.487 e. The van der Waals surface area contributed by atoms with Crippen LogP contribution in [-0.2, 0) is 13.2 Å². The van der Waals surface area contributed by atoms with Crippen LogP contribution in [0, 0.1) is 5.92 Å². The molecule has 0 amide bonds. The Morgan fingerprint density at radius 2 is 1.89 bits per heavy atom. The van der Waals surface area contributed by atoms with E-state index in [9.17, 15) is 0 Å². The fourth-order valence-electron chi connectivity index (χ4n) is 2.32. The second-order valence-corrected chi connectivity index (χ2v) is 6.56. The van der Waals surface area contributed by atoms with E-state index in [4.69, 9.17) is 4.74 Å². The van der Waals surface area contributed by atoms with Crippen LogP contribution in [0.25, 0.3) is 0 Å². The van der Waals surface area contributed by atoms with Crippen molar-refractivity contribution in [2.24, 2.45) is 10.9 Å². The van der Waals surface area contributed by atoms with Gasteiger partial charge in [0.05, 0.1) is 12.2 Å². The number of hydrogen-bond acceptors (Lipinski definition) is 3. The smallest absolute Gasteiger partial charge is 0.191 e. The standard InChI is InChI=1S/C21H30N4O.HI/c1-4-22-21(24-14-12-17(2)3)25-15-18-8-10-20(11-9-18)26-16-19-7-5-6-13-23-19;/h5-11,13,17H,4,12,14-16H2,1-3H3,(H2,22,24,25);1H. The topological polar surface area (TPSA) is 58.5 Å².